The lowest BCUT2D eigenvalue weighted by Crippen LogP contribution is -2.39. The summed E-state index contributed by atoms with van der Waals surface area (Å²) >= 11 is 0. The monoisotopic (exact) mass is 403 g/mol. The Morgan fingerprint density at radius 1 is 1.37 bits per heavy atom. The Morgan fingerprint density at radius 2 is 2.07 bits per heavy atom. The van der Waals surface area contributed by atoms with Gasteiger partial charge in [0, 0.05) is 17.2 Å². The number of ether oxygens (including phenoxy) is 3. The summed E-state index contributed by atoms with van der Waals surface area (Å²) in [6.07, 6.45) is 0. The molecular weight excluding hydrogens is 386 g/mol. The van der Waals surface area contributed by atoms with E-state index in [2.05, 4.69) is 9.27 Å². The SMILES string of the molecule is CCOC(=O)C1c2cc(OC)nc(OC)c2C2CN1C(=O)N2OS(=O)(=O)O. The zero-order chi connectivity index (χ0) is 19.9. The van der Waals surface area contributed by atoms with Crippen molar-refractivity contribution in [3.05, 3.63) is 17.2 Å². The predicted molar refractivity (Wildman–Crippen MR) is 86.0 cm³/mol. The number of fused-ring (bicyclic) bond motifs is 4. The molecule has 12 nitrogen and oxygen atoms in total. The van der Waals surface area contributed by atoms with E-state index < -0.39 is 34.5 Å². The van der Waals surface area contributed by atoms with Crippen molar-refractivity contribution in [3.8, 4) is 11.8 Å². The van der Waals surface area contributed by atoms with Gasteiger partial charge in [-0.15, -0.1) is 4.28 Å². The molecule has 1 N–H and O–H groups in total. The van der Waals surface area contributed by atoms with Crippen molar-refractivity contribution >= 4 is 22.4 Å². The molecule has 3 rings (SSSR count). The van der Waals surface area contributed by atoms with Crippen molar-refractivity contribution in [1.29, 1.82) is 0 Å². The van der Waals surface area contributed by atoms with Crippen molar-refractivity contribution in [2.45, 2.75) is 19.0 Å². The number of pyridine rings is 1. The van der Waals surface area contributed by atoms with Gasteiger partial charge in [-0.3, -0.25) is 4.55 Å². The van der Waals surface area contributed by atoms with Gasteiger partial charge in [0.1, 0.15) is 6.04 Å². The maximum absolute atomic E-state index is 12.7. The van der Waals surface area contributed by atoms with Crippen LogP contribution in [0.3, 0.4) is 0 Å². The number of hydrogen-bond acceptors (Lipinski definition) is 9. The van der Waals surface area contributed by atoms with Crippen LogP contribution in [-0.2, 0) is 24.2 Å². The van der Waals surface area contributed by atoms with Crippen molar-refractivity contribution in [1.82, 2.24) is 14.9 Å². The topological polar surface area (TPSA) is 145 Å². The number of aromatic nitrogens is 1. The Hall–Kier alpha value is -2.64. The molecule has 0 aromatic carbocycles. The van der Waals surface area contributed by atoms with Crippen molar-refractivity contribution in [2.75, 3.05) is 27.4 Å². The first-order chi connectivity index (χ1) is 12.7. The Labute approximate surface area is 154 Å². The fourth-order valence-electron chi connectivity index (χ4n) is 3.20. The van der Waals surface area contributed by atoms with E-state index >= 15 is 0 Å². The molecule has 0 saturated carbocycles. The minimum Gasteiger partial charge on any atom is -0.481 e. The van der Waals surface area contributed by atoms with Crippen molar-refractivity contribution < 1.29 is 41.1 Å². The molecule has 2 atom stereocenters. The molecule has 0 aliphatic carbocycles. The number of carbonyl (C=O) groups is 2. The number of amides is 2. The summed E-state index contributed by atoms with van der Waals surface area (Å²) in [6, 6.07) is -1.69. The Balaban J connectivity index is 2.20. The minimum absolute atomic E-state index is 0.0157. The lowest BCUT2D eigenvalue weighted by atomic mass is 9.92. The Kier molecular flexibility index (Phi) is 4.84. The lowest BCUT2D eigenvalue weighted by Gasteiger charge is -2.31. The van der Waals surface area contributed by atoms with Gasteiger partial charge in [0.2, 0.25) is 11.8 Å². The van der Waals surface area contributed by atoms with Crippen LogP contribution in [0.15, 0.2) is 6.07 Å². The maximum atomic E-state index is 12.7. The van der Waals surface area contributed by atoms with Gasteiger partial charge in [-0.2, -0.15) is 18.5 Å². The van der Waals surface area contributed by atoms with Crippen LogP contribution < -0.4 is 9.47 Å². The smallest absolute Gasteiger partial charge is 0.418 e. The highest BCUT2D eigenvalue weighted by Crippen LogP contribution is 2.48. The van der Waals surface area contributed by atoms with Crippen LogP contribution in [0.4, 0.5) is 4.79 Å². The average molecular weight is 403 g/mol. The van der Waals surface area contributed by atoms with Crippen LogP contribution in [0, 0.1) is 0 Å². The quantitative estimate of drug-likeness (QED) is 0.517. The molecule has 1 fully saturated rings. The number of urea groups is 1. The molecule has 2 bridgehead atoms. The Bertz CT molecular complexity index is 888. The molecule has 13 heteroatoms. The van der Waals surface area contributed by atoms with E-state index in [9.17, 15) is 18.0 Å². The fourth-order valence-corrected chi connectivity index (χ4v) is 3.57. The highest BCUT2D eigenvalue weighted by atomic mass is 32.3. The van der Waals surface area contributed by atoms with Gasteiger partial charge in [0.25, 0.3) is 0 Å². The summed E-state index contributed by atoms with van der Waals surface area (Å²) in [7, 11) is -2.30. The molecule has 2 unspecified atom stereocenters. The first-order valence-electron chi connectivity index (χ1n) is 7.78. The third-order valence-corrected chi connectivity index (χ3v) is 4.49. The van der Waals surface area contributed by atoms with Gasteiger partial charge < -0.3 is 19.1 Å². The molecule has 3 heterocycles. The van der Waals surface area contributed by atoms with Gasteiger partial charge in [-0.25, -0.2) is 9.59 Å². The van der Waals surface area contributed by atoms with E-state index in [-0.39, 0.29) is 30.5 Å². The first kappa shape index (κ1) is 19.1. The van der Waals surface area contributed by atoms with Crippen LogP contribution in [0.1, 0.15) is 30.1 Å². The van der Waals surface area contributed by atoms with E-state index in [1.807, 2.05) is 0 Å². The second kappa shape index (κ2) is 6.83. The van der Waals surface area contributed by atoms with Crippen LogP contribution in [0.2, 0.25) is 0 Å². The zero-order valence-corrected chi connectivity index (χ0v) is 15.4. The number of rotatable bonds is 6. The van der Waals surface area contributed by atoms with Gasteiger partial charge in [0.05, 0.1) is 27.4 Å². The van der Waals surface area contributed by atoms with Gasteiger partial charge in [0.15, 0.2) is 6.04 Å². The fraction of sp³-hybridized carbons (Fsp3) is 0.500. The van der Waals surface area contributed by atoms with Gasteiger partial charge >= 0.3 is 22.4 Å². The highest BCUT2D eigenvalue weighted by molar-refractivity contribution is 7.80. The molecule has 2 aliphatic heterocycles. The zero-order valence-electron chi connectivity index (χ0n) is 14.6. The Morgan fingerprint density at radius 3 is 2.63 bits per heavy atom. The third kappa shape index (κ3) is 3.24. The van der Waals surface area contributed by atoms with E-state index in [1.165, 1.54) is 20.3 Å². The maximum Gasteiger partial charge on any atom is 0.418 e. The summed E-state index contributed by atoms with van der Waals surface area (Å²) in [4.78, 5) is 30.4. The van der Waals surface area contributed by atoms with Crippen LogP contribution in [0.5, 0.6) is 11.8 Å². The summed E-state index contributed by atoms with van der Waals surface area (Å²) in [5, 5.41) is 0.462. The van der Waals surface area contributed by atoms with Crippen LogP contribution in [0.25, 0.3) is 0 Å². The number of nitrogens with zero attached hydrogens (tertiary/aromatic N) is 3. The molecule has 27 heavy (non-hydrogen) atoms. The van der Waals surface area contributed by atoms with E-state index in [0.29, 0.717) is 10.6 Å². The minimum atomic E-state index is -4.99. The second-order valence-corrected chi connectivity index (χ2v) is 6.61. The number of carbonyl (C=O) groups excluding carboxylic acids is 2. The normalized spacial score (nSPS) is 21.1. The van der Waals surface area contributed by atoms with Crippen molar-refractivity contribution in [2.24, 2.45) is 0 Å². The molecular formula is C14H17N3O9S. The molecule has 1 aromatic heterocycles. The van der Waals surface area contributed by atoms with Crippen molar-refractivity contribution in [3.63, 3.8) is 0 Å². The lowest BCUT2D eigenvalue weighted by molar-refractivity contribution is -0.148. The predicted octanol–water partition coefficient (Wildman–Crippen LogP) is 0.230. The molecule has 148 valence electrons. The average Bonchev–Trinajstić information content (AvgIpc) is 2.86. The van der Waals surface area contributed by atoms with Gasteiger partial charge in [-0.05, 0) is 6.92 Å². The summed E-state index contributed by atoms with van der Waals surface area (Å²) in [5.41, 5.74) is 0.547. The number of hydroxylamine groups is 2. The second-order valence-electron chi connectivity index (χ2n) is 5.61. The molecule has 1 saturated heterocycles. The van der Waals surface area contributed by atoms with E-state index in [1.54, 1.807) is 6.92 Å². The highest BCUT2D eigenvalue weighted by Gasteiger charge is 2.54. The molecule has 1 aromatic rings. The molecule has 0 radical (unpaired) electrons. The van der Waals surface area contributed by atoms with E-state index in [0.717, 1.165) is 4.90 Å². The number of esters is 1. The van der Waals surface area contributed by atoms with Crippen LogP contribution >= 0.6 is 0 Å². The standard InChI is InChI=1S/C14H17N3O9S/c1-4-25-13(18)11-7-5-9(23-2)15-12(24-3)10(7)8-6-16(11)14(19)17(8)26-27(20,21)22/h5,8,11H,4,6H2,1-3H3,(H,20,21,22). The van der Waals surface area contributed by atoms with E-state index in [4.69, 9.17) is 18.8 Å². The number of hydrogen-bond donors (Lipinski definition) is 1. The molecule has 2 aliphatic rings. The first-order valence-corrected chi connectivity index (χ1v) is 9.14. The summed E-state index contributed by atoms with van der Waals surface area (Å²) in [5.74, 6) is -0.589. The van der Waals surface area contributed by atoms with Crippen LogP contribution in [-0.4, -0.2) is 67.3 Å². The summed E-state index contributed by atoms with van der Waals surface area (Å²) in [6.45, 7) is 1.58. The third-order valence-electron chi connectivity index (χ3n) is 4.15. The van der Waals surface area contributed by atoms with Gasteiger partial charge in [-0.1, -0.05) is 0 Å². The summed E-state index contributed by atoms with van der Waals surface area (Å²) < 4.78 is 51.2. The number of methoxy groups -OCH3 is 2. The molecule has 0 spiro atoms. The molecule has 2 amide bonds. The largest absolute Gasteiger partial charge is 0.481 e.